The third kappa shape index (κ3) is 4.24. The molecule has 1 aliphatic heterocycles. The molecule has 4 rings (SSSR count). The number of imide groups is 1. The smallest absolute Gasteiger partial charge is 0.293 e. The maximum Gasteiger partial charge on any atom is 0.293 e. The van der Waals surface area contributed by atoms with Gasteiger partial charge in [0.05, 0.1) is 11.4 Å². The number of carbonyl (C=O) groups excluding carboxylic acids is 2. The minimum atomic E-state index is -0.425. The lowest BCUT2D eigenvalue weighted by atomic mass is 10.2. The third-order valence-corrected chi connectivity index (χ3v) is 5.74. The van der Waals surface area contributed by atoms with Crippen LogP contribution in [0.2, 0.25) is 10.0 Å². The van der Waals surface area contributed by atoms with Crippen molar-refractivity contribution >= 4 is 52.2 Å². The van der Waals surface area contributed by atoms with Crippen LogP contribution >= 0.6 is 35.0 Å². The zero-order valence-electron chi connectivity index (χ0n) is 14.7. The SMILES string of the molecule is O=C1S/C(=C\c2ccc(-c3ccc(F)cc3)o2)C(=O)N1Cc1ccc(Cl)cc1Cl. The summed E-state index contributed by atoms with van der Waals surface area (Å²) in [7, 11) is 0. The summed E-state index contributed by atoms with van der Waals surface area (Å²) in [6.07, 6.45) is 1.52. The van der Waals surface area contributed by atoms with Crippen LogP contribution in [0, 0.1) is 5.82 Å². The molecule has 0 saturated carbocycles. The first-order valence-corrected chi connectivity index (χ1v) is 10.0. The second kappa shape index (κ2) is 8.06. The Morgan fingerprint density at radius 3 is 2.52 bits per heavy atom. The molecule has 0 unspecified atom stereocenters. The molecular formula is C21H12Cl2FNO3S. The van der Waals surface area contributed by atoms with Gasteiger partial charge in [-0.05, 0) is 65.9 Å². The van der Waals surface area contributed by atoms with Gasteiger partial charge in [-0.15, -0.1) is 0 Å². The van der Waals surface area contributed by atoms with Gasteiger partial charge in [-0.1, -0.05) is 29.3 Å². The van der Waals surface area contributed by atoms with Crippen LogP contribution in [0.5, 0.6) is 0 Å². The molecule has 0 N–H and O–H groups in total. The molecule has 1 fully saturated rings. The van der Waals surface area contributed by atoms with Crippen molar-refractivity contribution in [3.8, 4) is 11.3 Å². The Bertz CT molecular complexity index is 1140. The van der Waals surface area contributed by atoms with E-state index in [1.807, 2.05) is 0 Å². The van der Waals surface area contributed by atoms with Gasteiger partial charge < -0.3 is 4.42 Å². The molecule has 0 spiro atoms. The zero-order valence-corrected chi connectivity index (χ0v) is 17.0. The molecule has 3 aromatic rings. The van der Waals surface area contributed by atoms with Crippen LogP contribution in [0.25, 0.3) is 17.4 Å². The van der Waals surface area contributed by atoms with Crippen molar-refractivity contribution in [2.75, 3.05) is 0 Å². The topological polar surface area (TPSA) is 50.5 Å². The van der Waals surface area contributed by atoms with Gasteiger partial charge in [0.2, 0.25) is 0 Å². The molecule has 0 aliphatic carbocycles. The number of hydrogen-bond acceptors (Lipinski definition) is 4. The summed E-state index contributed by atoms with van der Waals surface area (Å²) in [5, 5.41) is 0.468. The Morgan fingerprint density at radius 1 is 1.03 bits per heavy atom. The monoisotopic (exact) mass is 447 g/mol. The summed E-state index contributed by atoms with van der Waals surface area (Å²) >= 11 is 12.9. The summed E-state index contributed by atoms with van der Waals surface area (Å²) in [5.74, 6) is 0.184. The number of amides is 2. The highest BCUT2D eigenvalue weighted by Gasteiger charge is 2.35. The van der Waals surface area contributed by atoms with Crippen LogP contribution in [0.15, 0.2) is 63.9 Å². The highest BCUT2D eigenvalue weighted by Crippen LogP contribution is 2.35. The van der Waals surface area contributed by atoms with E-state index in [1.54, 1.807) is 42.5 Å². The largest absolute Gasteiger partial charge is 0.457 e. The molecule has 0 bridgehead atoms. The number of thioether (sulfide) groups is 1. The summed E-state index contributed by atoms with van der Waals surface area (Å²) in [5.41, 5.74) is 1.33. The fraction of sp³-hybridized carbons (Fsp3) is 0.0476. The zero-order chi connectivity index (χ0) is 20.5. The molecule has 146 valence electrons. The van der Waals surface area contributed by atoms with Crippen molar-refractivity contribution < 1.29 is 18.4 Å². The van der Waals surface area contributed by atoms with Gasteiger partial charge in [0.15, 0.2) is 0 Å². The highest BCUT2D eigenvalue weighted by atomic mass is 35.5. The van der Waals surface area contributed by atoms with Crippen molar-refractivity contribution in [2.24, 2.45) is 0 Å². The predicted molar refractivity (Wildman–Crippen MR) is 112 cm³/mol. The van der Waals surface area contributed by atoms with Gasteiger partial charge >= 0.3 is 0 Å². The van der Waals surface area contributed by atoms with Gasteiger partial charge in [0.1, 0.15) is 17.3 Å². The van der Waals surface area contributed by atoms with E-state index < -0.39 is 11.1 Å². The molecular weight excluding hydrogens is 436 g/mol. The number of benzene rings is 2. The van der Waals surface area contributed by atoms with Gasteiger partial charge in [0, 0.05) is 21.7 Å². The Hall–Kier alpha value is -2.54. The van der Waals surface area contributed by atoms with Crippen molar-refractivity contribution in [3.63, 3.8) is 0 Å². The number of hydrogen-bond donors (Lipinski definition) is 0. The minimum Gasteiger partial charge on any atom is -0.457 e. The molecule has 4 nitrogen and oxygen atoms in total. The number of nitrogens with zero attached hydrogens (tertiary/aromatic N) is 1. The van der Waals surface area contributed by atoms with Gasteiger partial charge in [-0.3, -0.25) is 14.5 Å². The van der Waals surface area contributed by atoms with E-state index in [0.29, 0.717) is 32.7 Å². The first kappa shape index (κ1) is 19.8. The van der Waals surface area contributed by atoms with E-state index in [0.717, 1.165) is 16.7 Å². The quantitative estimate of drug-likeness (QED) is 0.421. The maximum atomic E-state index is 13.1. The van der Waals surface area contributed by atoms with Crippen molar-refractivity contribution in [3.05, 3.63) is 86.7 Å². The second-order valence-corrected chi connectivity index (χ2v) is 8.05. The number of furan rings is 1. The molecule has 1 saturated heterocycles. The minimum absolute atomic E-state index is 0.0526. The maximum absolute atomic E-state index is 13.1. The standard InChI is InChI=1S/C21H12Cl2FNO3S/c22-14-4-1-13(17(23)9-14)11-25-20(26)19(29-21(25)27)10-16-7-8-18(28-16)12-2-5-15(24)6-3-12/h1-10H,11H2/b19-10-. The molecule has 29 heavy (non-hydrogen) atoms. The van der Waals surface area contributed by atoms with Crippen LogP contribution in [0.4, 0.5) is 9.18 Å². The fourth-order valence-corrected chi connectivity index (χ4v) is 4.07. The lowest BCUT2D eigenvalue weighted by Gasteiger charge is -2.13. The van der Waals surface area contributed by atoms with Gasteiger partial charge in [-0.2, -0.15) is 0 Å². The predicted octanol–water partition coefficient (Wildman–Crippen LogP) is 6.63. The molecule has 2 aromatic carbocycles. The van der Waals surface area contributed by atoms with Crippen LogP contribution in [0.3, 0.4) is 0 Å². The van der Waals surface area contributed by atoms with E-state index in [-0.39, 0.29) is 17.3 Å². The van der Waals surface area contributed by atoms with Gasteiger partial charge in [0.25, 0.3) is 11.1 Å². The van der Waals surface area contributed by atoms with E-state index >= 15 is 0 Å². The normalized spacial score (nSPS) is 15.6. The lowest BCUT2D eigenvalue weighted by molar-refractivity contribution is -0.123. The number of halogens is 3. The molecule has 1 aliphatic rings. The van der Waals surface area contributed by atoms with Crippen molar-refractivity contribution in [2.45, 2.75) is 6.54 Å². The van der Waals surface area contributed by atoms with E-state index in [2.05, 4.69) is 0 Å². The summed E-state index contributed by atoms with van der Waals surface area (Å²) in [4.78, 5) is 26.4. The Kier molecular flexibility index (Phi) is 5.50. The third-order valence-electron chi connectivity index (χ3n) is 4.25. The molecule has 1 aromatic heterocycles. The lowest BCUT2D eigenvalue weighted by Crippen LogP contribution is -2.27. The molecule has 0 atom stereocenters. The number of carbonyl (C=O) groups is 2. The van der Waals surface area contributed by atoms with Gasteiger partial charge in [-0.25, -0.2) is 4.39 Å². The summed E-state index contributed by atoms with van der Waals surface area (Å²) < 4.78 is 18.8. The molecule has 8 heteroatoms. The van der Waals surface area contributed by atoms with E-state index in [4.69, 9.17) is 27.6 Å². The highest BCUT2D eigenvalue weighted by molar-refractivity contribution is 8.18. The molecule has 2 heterocycles. The van der Waals surface area contributed by atoms with E-state index in [9.17, 15) is 14.0 Å². The Balaban J connectivity index is 1.54. The van der Waals surface area contributed by atoms with Crippen LogP contribution in [-0.4, -0.2) is 16.0 Å². The first-order chi connectivity index (χ1) is 13.9. The summed E-state index contributed by atoms with van der Waals surface area (Å²) in [6, 6.07) is 14.2. The average Bonchev–Trinajstić information content (AvgIpc) is 3.25. The fourth-order valence-electron chi connectivity index (χ4n) is 2.79. The van der Waals surface area contributed by atoms with E-state index in [1.165, 1.54) is 18.2 Å². The van der Waals surface area contributed by atoms with Crippen molar-refractivity contribution in [1.82, 2.24) is 4.90 Å². The van der Waals surface area contributed by atoms with Crippen LogP contribution < -0.4 is 0 Å². The van der Waals surface area contributed by atoms with Crippen LogP contribution in [0.1, 0.15) is 11.3 Å². The second-order valence-electron chi connectivity index (χ2n) is 6.21. The summed E-state index contributed by atoms with van der Waals surface area (Å²) in [6.45, 7) is 0.0526. The van der Waals surface area contributed by atoms with Crippen LogP contribution in [-0.2, 0) is 11.3 Å². The first-order valence-electron chi connectivity index (χ1n) is 8.46. The molecule has 2 amide bonds. The van der Waals surface area contributed by atoms with Crippen molar-refractivity contribution in [1.29, 1.82) is 0 Å². The molecule has 0 radical (unpaired) electrons. The average molecular weight is 448 g/mol. The Morgan fingerprint density at radius 2 is 1.79 bits per heavy atom. The number of rotatable bonds is 4. The Labute approximate surface area is 179 Å².